The summed E-state index contributed by atoms with van der Waals surface area (Å²) in [5, 5.41) is 13.4. The van der Waals surface area contributed by atoms with E-state index in [1.165, 1.54) is 25.7 Å². The van der Waals surface area contributed by atoms with Gasteiger partial charge in [-0.15, -0.1) is 0 Å². The molecule has 1 aliphatic carbocycles. The highest BCUT2D eigenvalue weighted by Crippen LogP contribution is 2.32. The highest BCUT2D eigenvalue weighted by atomic mass is 16.4. The van der Waals surface area contributed by atoms with Gasteiger partial charge in [-0.25, -0.2) is 10.2 Å². The molecule has 4 N–H and O–H groups in total. The summed E-state index contributed by atoms with van der Waals surface area (Å²) < 4.78 is 0. The molecule has 0 bridgehead atoms. The molecule has 2 fully saturated rings. The van der Waals surface area contributed by atoms with Crippen molar-refractivity contribution < 1.29 is 9.90 Å². The summed E-state index contributed by atoms with van der Waals surface area (Å²) in [5.41, 5.74) is 9.68. The van der Waals surface area contributed by atoms with Crippen LogP contribution in [0.2, 0.25) is 0 Å². The molecule has 1 saturated carbocycles. The van der Waals surface area contributed by atoms with E-state index in [-0.39, 0.29) is 17.8 Å². The molecule has 4 unspecified atom stereocenters. The quantitative estimate of drug-likeness (QED) is 0.451. The fourth-order valence-corrected chi connectivity index (χ4v) is 3.16. The first-order chi connectivity index (χ1) is 9.63. The monoisotopic (exact) mass is 282 g/mol. The van der Waals surface area contributed by atoms with Crippen molar-refractivity contribution in [3.8, 4) is 0 Å². The van der Waals surface area contributed by atoms with Crippen LogP contribution in [-0.2, 0) is 4.79 Å². The lowest BCUT2D eigenvalue weighted by atomic mass is 9.77. The summed E-state index contributed by atoms with van der Waals surface area (Å²) in [6, 6.07) is 0. The van der Waals surface area contributed by atoms with Crippen LogP contribution >= 0.6 is 0 Å². The summed E-state index contributed by atoms with van der Waals surface area (Å²) >= 11 is 0. The number of hydrogen-bond donors (Lipinski definition) is 4. The fraction of sp³-hybridized carbons (Fsp3) is 0.857. The van der Waals surface area contributed by atoms with Crippen LogP contribution in [0, 0.1) is 17.8 Å². The van der Waals surface area contributed by atoms with Crippen molar-refractivity contribution in [2.24, 2.45) is 22.9 Å². The van der Waals surface area contributed by atoms with Gasteiger partial charge in [-0.1, -0.05) is 26.7 Å². The number of hydrazone groups is 1. The smallest absolute Gasteiger partial charge is 0.352 e. The second-order valence-electron chi connectivity index (χ2n) is 5.95. The first-order valence-electron chi connectivity index (χ1n) is 7.68. The third-order valence-electron chi connectivity index (χ3n) is 4.64. The number of nitrogens with one attached hydrogen (secondary N) is 3. The minimum atomic E-state index is -0.934. The summed E-state index contributed by atoms with van der Waals surface area (Å²) in [6.45, 7) is 4.86. The van der Waals surface area contributed by atoms with Crippen LogP contribution in [-0.4, -0.2) is 29.5 Å². The standard InChI is InChI=1S/C14H26N4O2/c1-3-9(2)12(14(19)20)16-18-13-11-7-5-4-6-10(11)8-15-17-13/h9-11,13,15,17-18H,3-8H2,1-2H3,(H,19,20)/b16-12+. The molecule has 0 aromatic heterocycles. The van der Waals surface area contributed by atoms with Crippen LogP contribution in [0.4, 0.5) is 0 Å². The van der Waals surface area contributed by atoms with Gasteiger partial charge in [-0.2, -0.15) is 5.10 Å². The second kappa shape index (κ2) is 7.04. The lowest BCUT2D eigenvalue weighted by Gasteiger charge is -2.41. The molecule has 2 aliphatic rings. The van der Waals surface area contributed by atoms with Gasteiger partial charge in [0.2, 0.25) is 0 Å². The minimum absolute atomic E-state index is 0.0208. The minimum Gasteiger partial charge on any atom is -0.477 e. The van der Waals surface area contributed by atoms with Crippen LogP contribution in [0.25, 0.3) is 0 Å². The molecule has 4 atom stereocenters. The number of fused-ring (bicyclic) bond motifs is 1. The molecule has 0 aromatic carbocycles. The summed E-state index contributed by atoms with van der Waals surface area (Å²) in [5.74, 6) is 0.213. The summed E-state index contributed by atoms with van der Waals surface area (Å²) in [4.78, 5) is 11.2. The first kappa shape index (κ1) is 15.3. The van der Waals surface area contributed by atoms with Gasteiger partial charge in [0.05, 0.1) is 0 Å². The van der Waals surface area contributed by atoms with E-state index in [1.807, 2.05) is 13.8 Å². The molecule has 0 spiro atoms. The van der Waals surface area contributed by atoms with Gasteiger partial charge >= 0.3 is 5.97 Å². The molecular weight excluding hydrogens is 256 g/mol. The van der Waals surface area contributed by atoms with Gasteiger partial charge in [0.25, 0.3) is 0 Å². The molecule has 6 nitrogen and oxygen atoms in total. The van der Waals surface area contributed by atoms with E-state index in [1.54, 1.807) is 0 Å². The number of carboxylic acids is 1. The average molecular weight is 282 g/mol. The van der Waals surface area contributed by atoms with Gasteiger partial charge in [-0.05, 0) is 31.1 Å². The normalized spacial score (nSPS) is 32.3. The largest absolute Gasteiger partial charge is 0.477 e. The van der Waals surface area contributed by atoms with E-state index in [9.17, 15) is 9.90 Å². The van der Waals surface area contributed by atoms with E-state index >= 15 is 0 Å². The van der Waals surface area contributed by atoms with Crippen molar-refractivity contribution in [2.75, 3.05) is 6.54 Å². The lowest BCUT2D eigenvalue weighted by Crippen LogP contribution is -2.61. The molecule has 0 amide bonds. The highest BCUT2D eigenvalue weighted by Gasteiger charge is 2.34. The Balaban J connectivity index is 2.01. The average Bonchev–Trinajstić information content (AvgIpc) is 2.47. The predicted molar refractivity (Wildman–Crippen MR) is 78.0 cm³/mol. The Morgan fingerprint density at radius 1 is 1.45 bits per heavy atom. The third-order valence-corrected chi connectivity index (χ3v) is 4.64. The van der Waals surface area contributed by atoms with Crippen LogP contribution in [0.5, 0.6) is 0 Å². The molecule has 2 rings (SSSR count). The van der Waals surface area contributed by atoms with Gasteiger partial charge in [0.15, 0.2) is 0 Å². The van der Waals surface area contributed by atoms with E-state index in [0.717, 1.165) is 13.0 Å². The van der Waals surface area contributed by atoms with Crippen molar-refractivity contribution in [1.29, 1.82) is 0 Å². The van der Waals surface area contributed by atoms with Gasteiger partial charge in [0, 0.05) is 12.5 Å². The van der Waals surface area contributed by atoms with Crippen LogP contribution in [0.1, 0.15) is 46.0 Å². The Labute approximate surface area is 120 Å². The lowest BCUT2D eigenvalue weighted by molar-refractivity contribution is -0.129. The maximum Gasteiger partial charge on any atom is 0.352 e. The molecule has 1 aliphatic heterocycles. The number of rotatable bonds is 5. The van der Waals surface area contributed by atoms with Gasteiger partial charge in [-0.3, -0.25) is 10.9 Å². The van der Waals surface area contributed by atoms with E-state index in [0.29, 0.717) is 11.8 Å². The fourth-order valence-electron chi connectivity index (χ4n) is 3.16. The zero-order chi connectivity index (χ0) is 14.5. The number of aliphatic carboxylic acids is 1. The molecule has 6 heteroatoms. The number of hydrogen-bond acceptors (Lipinski definition) is 5. The first-order valence-corrected chi connectivity index (χ1v) is 7.68. The Hall–Kier alpha value is -1.14. The maximum atomic E-state index is 11.2. The SMILES string of the molecule is CCC(C)/C(=N\NC1NNCC2CCCCC21)C(=O)O. The van der Waals surface area contributed by atoms with E-state index in [4.69, 9.17) is 0 Å². The Bertz CT molecular complexity index is 370. The molecule has 114 valence electrons. The Kier molecular flexibility index (Phi) is 5.37. The summed E-state index contributed by atoms with van der Waals surface area (Å²) in [7, 11) is 0. The van der Waals surface area contributed by atoms with Gasteiger partial charge < -0.3 is 5.11 Å². The van der Waals surface area contributed by atoms with E-state index < -0.39 is 5.97 Å². The van der Waals surface area contributed by atoms with Crippen molar-refractivity contribution >= 4 is 11.7 Å². The van der Waals surface area contributed by atoms with Crippen LogP contribution in [0.3, 0.4) is 0 Å². The Morgan fingerprint density at radius 2 is 2.20 bits per heavy atom. The topological polar surface area (TPSA) is 85.8 Å². The highest BCUT2D eigenvalue weighted by molar-refractivity contribution is 6.36. The molecule has 1 saturated heterocycles. The molecular formula is C14H26N4O2. The van der Waals surface area contributed by atoms with Gasteiger partial charge in [0.1, 0.15) is 11.9 Å². The Morgan fingerprint density at radius 3 is 2.90 bits per heavy atom. The van der Waals surface area contributed by atoms with Crippen molar-refractivity contribution in [2.45, 2.75) is 52.1 Å². The molecule has 1 heterocycles. The summed E-state index contributed by atoms with van der Waals surface area (Å²) in [6.07, 6.45) is 5.77. The van der Waals surface area contributed by atoms with Crippen LogP contribution < -0.4 is 16.3 Å². The number of hydrazine groups is 1. The zero-order valence-corrected chi connectivity index (χ0v) is 12.4. The third kappa shape index (κ3) is 3.49. The van der Waals surface area contributed by atoms with E-state index in [2.05, 4.69) is 21.4 Å². The molecule has 0 aromatic rings. The maximum absolute atomic E-state index is 11.2. The van der Waals surface area contributed by atoms with Crippen molar-refractivity contribution in [3.05, 3.63) is 0 Å². The van der Waals surface area contributed by atoms with Crippen LogP contribution in [0.15, 0.2) is 5.10 Å². The molecule has 20 heavy (non-hydrogen) atoms. The predicted octanol–water partition coefficient (Wildman–Crippen LogP) is 1.30. The van der Waals surface area contributed by atoms with Crippen molar-refractivity contribution in [3.63, 3.8) is 0 Å². The number of nitrogens with zero attached hydrogens (tertiary/aromatic N) is 1. The second-order valence-corrected chi connectivity index (χ2v) is 5.95. The molecule has 0 radical (unpaired) electrons. The van der Waals surface area contributed by atoms with Crippen molar-refractivity contribution in [1.82, 2.24) is 16.3 Å². The number of carbonyl (C=O) groups is 1. The number of carboxylic acid groups (broad SMARTS) is 1. The zero-order valence-electron chi connectivity index (χ0n) is 12.4.